The fourth-order valence-corrected chi connectivity index (χ4v) is 3.57. The van der Waals surface area contributed by atoms with Crippen molar-refractivity contribution < 1.29 is 5.11 Å². The van der Waals surface area contributed by atoms with Crippen molar-refractivity contribution in [3.05, 3.63) is 47.8 Å². The number of benzene rings is 1. The van der Waals surface area contributed by atoms with E-state index in [9.17, 15) is 5.11 Å². The van der Waals surface area contributed by atoms with Crippen LogP contribution < -0.4 is 4.90 Å². The van der Waals surface area contributed by atoms with Crippen LogP contribution >= 0.6 is 11.6 Å². The second kappa shape index (κ2) is 5.72. The Hall–Kier alpha value is -2.18. The monoisotopic (exact) mass is 343 g/mol. The number of imidazole rings is 1. The second-order valence-electron chi connectivity index (χ2n) is 6.21. The lowest BCUT2D eigenvalue weighted by Gasteiger charge is -2.38. The molecule has 3 heterocycles. The van der Waals surface area contributed by atoms with Gasteiger partial charge in [-0.25, -0.2) is 9.97 Å². The molecule has 0 unspecified atom stereocenters. The zero-order valence-electron chi connectivity index (χ0n) is 13.4. The summed E-state index contributed by atoms with van der Waals surface area (Å²) < 4.78 is 1.88. The smallest absolute Gasteiger partial charge is 0.224 e. The number of para-hydroxylation sites is 1. The standard InChI is InChI=1S/C17H18ClN5O/c1-22-11-8-19-15(22)17(24)6-9-23(10-7-17)14-12-4-2-3-5-13(12)20-16(18)21-14/h2-5,8,11,24H,6-7,9-10H2,1H3. The minimum Gasteiger partial charge on any atom is -0.382 e. The average Bonchev–Trinajstić information content (AvgIpc) is 3.02. The molecule has 1 aliphatic rings. The van der Waals surface area contributed by atoms with Crippen molar-refractivity contribution in [1.29, 1.82) is 0 Å². The molecule has 6 nitrogen and oxygen atoms in total. The maximum absolute atomic E-state index is 11.0. The molecule has 0 saturated carbocycles. The van der Waals surface area contributed by atoms with Gasteiger partial charge in [-0.3, -0.25) is 0 Å². The maximum Gasteiger partial charge on any atom is 0.224 e. The number of aryl methyl sites for hydroxylation is 1. The van der Waals surface area contributed by atoms with Crippen LogP contribution in [0.4, 0.5) is 5.82 Å². The Morgan fingerprint density at radius 3 is 2.62 bits per heavy atom. The quantitative estimate of drug-likeness (QED) is 0.724. The van der Waals surface area contributed by atoms with Crippen molar-refractivity contribution >= 4 is 28.3 Å². The van der Waals surface area contributed by atoms with E-state index < -0.39 is 5.60 Å². The highest BCUT2D eigenvalue weighted by atomic mass is 35.5. The molecular formula is C17H18ClN5O. The molecule has 0 radical (unpaired) electrons. The summed E-state index contributed by atoms with van der Waals surface area (Å²) in [5.74, 6) is 1.54. The highest BCUT2D eigenvalue weighted by Gasteiger charge is 2.37. The van der Waals surface area contributed by atoms with Crippen LogP contribution in [0, 0.1) is 0 Å². The maximum atomic E-state index is 11.0. The average molecular weight is 344 g/mol. The van der Waals surface area contributed by atoms with E-state index in [1.165, 1.54) is 0 Å². The van der Waals surface area contributed by atoms with Crippen molar-refractivity contribution in [2.24, 2.45) is 7.05 Å². The van der Waals surface area contributed by atoms with Crippen LogP contribution in [0.1, 0.15) is 18.7 Å². The Morgan fingerprint density at radius 2 is 1.92 bits per heavy atom. The Kier molecular flexibility index (Phi) is 3.66. The molecule has 1 fully saturated rings. The van der Waals surface area contributed by atoms with E-state index >= 15 is 0 Å². The van der Waals surface area contributed by atoms with Crippen molar-refractivity contribution in [2.45, 2.75) is 18.4 Å². The Bertz CT molecular complexity index is 886. The molecule has 0 bridgehead atoms. The van der Waals surface area contributed by atoms with Gasteiger partial charge in [-0.2, -0.15) is 4.98 Å². The Balaban J connectivity index is 1.64. The molecule has 0 atom stereocenters. The van der Waals surface area contributed by atoms with Crippen LogP contribution in [0.3, 0.4) is 0 Å². The third-order valence-electron chi connectivity index (χ3n) is 4.68. The molecule has 0 spiro atoms. The lowest BCUT2D eigenvalue weighted by atomic mass is 9.90. The van der Waals surface area contributed by atoms with E-state index in [1.54, 1.807) is 6.20 Å². The first-order valence-corrected chi connectivity index (χ1v) is 8.32. The summed E-state index contributed by atoms with van der Waals surface area (Å²) in [4.78, 5) is 15.2. The van der Waals surface area contributed by atoms with Gasteiger partial charge in [0.05, 0.1) is 5.52 Å². The number of fused-ring (bicyclic) bond motifs is 1. The van der Waals surface area contributed by atoms with Gasteiger partial charge in [0, 0.05) is 50.8 Å². The van der Waals surface area contributed by atoms with Crippen LogP contribution in [0.5, 0.6) is 0 Å². The predicted molar refractivity (Wildman–Crippen MR) is 93.1 cm³/mol. The minimum absolute atomic E-state index is 0.244. The number of aliphatic hydroxyl groups is 1. The number of halogens is 1. The van der Waals surface area contributed by atoms with E-state index in [2.05, 4.69) is 19.9 Å². The van der Waals surface area contributed by atoms with Gasteiger partial charge in [0.25, 0.3) is 0 Å². The summed E-state index contributed by atoms with van der Waals surface area (Å²) >= 11 is 6.09. The van der Waals surface area contributed by atoms with Crippen molar-refractivity contribution in [3.63, 3.8) is 0 Å². The third kappa shape index (κ3) is 2.52. The van der Waals surface area contributed by atoms with Crippen LogP contribution in [0.25, 0.3) is 10.9 Å². The summed E-state index contributed by atoms with van der Waals surface area (Å²) in [6.45, 7) is 1.36. The molecule has 3 aromatic rings. The Morgan fingerprint density at radius 1 is 1.17 bits per heavy atom. The van der Waals surface area contributed by atoms with E-state index in [-0.39, 0.29) is 5.28 Å². The molecule has 7 heteroatoms. The molecule has 4 rings (SSSR count). The van der Waals surface area contributed by atoms with Crippen LogP contribution in [-0.2, 0) is 12.6 Å². The summed E-state index contributed by atoms with van der Waals surface area (Å²) in [6.07, 6.45) is 4.76. The highest BCUT2D eigenvalue weighted by molar-refractivity contribution is 6.28. The number of rotatable bonds is 2. The van der Waals surface area contributed by atoms with Gasteiger partial charge in [-0.1, -0.05) is 12.1 Å². The molecular weight excluding hydrogens is 326 g/mol. The molecule has 1 saturated heterocycles. The molecule has 2 aromatic heterocycles. The van der Waals surface area contributed by atoms with Gasteiger partial charge in [0.2, 0.25) is 5.28 Å². The van der Waals surface area contributed by atoms with E-state index in [0.717, 1.165) is 16.7 Å². The lowest BCUT2D eigenvalue weighted by molar-refractivity contribution is 0.000713. The first-order valence-electron chi connectivity index (χ1n) is 7.94. The van der Waals surface area contributed by atoms with Gasteiger partial charge < -0.3 is 14.6 Å². The summed E-state index contributed by atoms with van der Waals surface area (Å²) in [7, 11) is 1.91. The van der Waals surface area contributed by atoms with E-state index in [4.69, 9.17) is 11.6 Å². The van der Waals surface area contributed by atoms with Crippen LogP contribution in [-0.4, -0.2) is 37.7 Å². The van der Waals surface area contributed by atoms with E-state index in [1.807, 2.05) is 42.1 Å². The van der Waals surface area contributed by atoms with Gasteiger partial charge in [0.1, 0.15) is 17.2 Å². The fourth-order valence-electron chi connectivity index (χ4n) is 3.40. The van der Waals surface area contributed by atoms with Gasteiger partial charge in [-0.05, 0) is 23.7 Å². The van der Waals surface area contributed by atoms with Gasteiger partial charge in [0.15, 0.2) is 0 Å². The highest BCUT2D eigenvalue weighted by Crippen LogP contribution is 2.35. The number of aromatic nitrogens is 4. The molecule has 0 aliphatic carbocycles. The van der Waals surface area contributed by atoms with E-state index in [0.29, 0.717) is 31.8 Å². The number of nitrogens with zero attached hydrogens (tertiary/aromatic N) is 5. The van der Waals surface area contributed by atoms with Gasteiger partial charge >= 0.3 is 0 Å². The molecule has 1 aliphatic heterocycles. The molecule has 1 N–H and O–H groups in total. The molecule has 24 heavy (non-hydrogen) atoms. The predicted octanol–water partition coefficient (Wildman–Crippen LogP) is 2.50. The van der Waals surface area contributed by atoms with Crippen molar-refractivity contribution in [1.82, 2.24) is 19.5 Å². The van der Waals surface area contributed by atoms with Crippen molar-refractivity contribution in [3.8, 4) is 0 Å². The van der Waals surface area contributed by atoms with Crippen LogP contribution in [0.2, 0.25) is 5.28 Å². The van der Waals surface area contributed by atoms with Crippen LogP contribution in [0.15, 0.2) is 36.7 Å². The molecule has 124 valence electrons. The number of piperidine rings is 1. The number of hydrogen-bond acceptors (Lipinski definition) is 5. The topological polar surface area (TPSA) is 67.1 Å². The van der Waals surface area contributed by atoms with Gasteiger partial charge in [-0.15, -0.1) is 0 Å². The SMILES string of the molecule is Cn1ccnc1C1(O)CCN(c2nc(Cl)nc3ccccc23)CC1. The number of hydrogen-bond donors (Lipinski definition) is 1. The van der Waals surface area contributed by atoms with Crippen molar-refractivity contribution in [2.75, 3.05) is 18.0 Å². The molecule has 0 amide bonds. The fraction of sp³-hybridized carbons (Fsp3) is 0.353. The Labute approximate surface area is 144 Å². The zero-order valence-corrected chi connectivity index (χ0v) is 14.1. The largest absolute Gasteiger partial charge is 0.382 e. The minimum atomic E-state index is -0.901. The normalized spacial score (nSPS) is 17.4. The second-order valence-corrected chi connectivity index (χ2v) is 6.55. The summed E-state index contributed by atoms with van der Waals surface area (Å²) in [5, 5.41) is 12.2. The zero-order chi connectivity index (χ0) is 16.7. The first-order chi connectivity index (χ1) is 11.6. The third-order valence-corrected chi connectivity index (χ3v) is 4.85. The number of anilines is 1. The summed E-state index contributed by atoms with van der Waals surface area (Å²) in [5.41, 5.74) is -0.0705. The first kappa shape index (κ1) is 15.4. The lowest BCUT2D eigenvalue weighted by Crippen LogP contribution is -2.44. The summed E-state index contributed by atoms with van der Waals surface area (Å²) in [6, 6.07) is 7.84. The molecule has 1 aromatic carbocycles.